The second-order valence-corrected chi connectivity index (χ2v) is 5.21. The molecule has 1 heterocycles. The van der Waals surface area contributed by atoms with Crippen LogP contribution in [0.4, 0.5) is 5.69 Å². The monoisotopic (exact) mass is 282 g/mol. The van der Waals surface area contributed by atoms with E-state index in [1.807, 2.05) is 24.3 Å². The maximum absolute atomic E-state index is 12.4. The summed E-state index contributed by atoms with van der Waals surface area (Å²) in [7, 11) is 0. The minimum atomic E-state index is 0. The minimum absolute atomic E-state index is 0. The normalized spacial score (nSPS) is 22.1. The molecule has 0 bridgehead atoms. The molecule has 0 radical (unpaired) electrons. The Hall–Kier alpha value is -1.22. The summed E-state index contributed by atoms with van der Waals surface area (Å²) in [5.41, 5.74) is 7.44. The summed E-state index contributed by atoms with van der Waals surface area (Å²) in [6.07, 6.45) is 3.82. The number of rotatable bonds is 3. The van der Waals surface area contributed by atoms with Gasteiger partial charge in [0.15, 0.2) is 0 Å². The fraction of sp³-hybridized carbons (Fsp3) is 0.533. The molecule has 19 heavy (non-hydrogen) atoms. The van der Waals surface area contributed by atoms with Gasteiger partial charge in [0.1, 0.15) is 0 Å². The third kappa shape index (κ3) is 3.63. The molecule has 2 rings (SSSR count). The summed E-state index contributed by atoms with van der Waals surface area (Å²) in [6, 6.07) is 8.40. The number of nitrogen functional groups attached to an aromatic ring is 1. The summed E-state index contributed by atoms with van der Waals surface area (Å²) < 4.78 is 0. The summed E-state index contributed by atoms with van der Waals surface area (Å²) in [4.78, 5) is 14.5. The molecule has 4 heteroatoms. The van der Waals surface area contributed by atoms with Crippen molar-refractivity contribution in [3.63, 3.8) is 0 Å². The maximum Gasteiger partial charge on any atom is 0.227 e. The Kier molecular flexibility index (Phi) is 5.67. The van der Waals surface area contributed by atoms with E-state index in [0.717, 1.165) is 30.5 Å². The number of likely N-dealkylation sites (tertiary alicyclic amines) is 1. The first-order chi connectivity index (χ1) is 8.61. The predicted octanol–water partition coefficient (Wildman–Crippen LogP) is 3.02. The van der Waals surface area contributed by atoms with Gasteiger partial charge < -0.3 is 10.6 Å². The van der Waals surface area contributed by atoms with Gasteiger partial charge in [-0.3, -0.25) is 4.79 Å². The third-order valence-electron chi connectivity index (χ3n) is 3.88. The molecule has 1 aromatic carbocycles. The molecule has 0 saturated carbocycles. The first-order valence-electron chi connectivity index (χ1n) is 6.77. The zero-order valence-corrected chi connectivity index (χ0v) is 12.5. The number of carbonyl (C=O) groups is 1. The van der Waals surface area contributed by atoms with Gasteiger partial charge in [-0.2, -0.15) is 0 Å². The highest BCUT2D eigenvalue weighted by atomic mass is 35.5. The van der Waals surface area contributed by atoms with Gasteiger partial charge >= 0.3 is 0 Å². The predicted molar refractivity (Wildman–Crippen MR) is 81.4 cm³/mol. The molecular weight excluding hydrogens is 260 g/mol. The van der Waals surface area contributed by atoms with E-state index in [9.17, 15) is 4.79 Å². The lowest BCUT2D eigenvalue weighted by Crippen LogP contribution is -2.40. The number of benzene rings is 1. The van der Waals surface area contributed by atoms with Gasteiger partial charge in [0, 0.05) is 17.8 Å². The minimum Gasteiger partial charge on any atom is -0.399 e. The highest BCUT2D eigenvalue weighted by Gasteiger charge is 2.32. The molecule has 1 aliphatic rings. The molecular formula is C15H23ClN2O. The van der Waals surface area contributed by atoms with Crippen LogP contribution >= 0.6 is 12.4 Å². The molecule has 1 fully saturated rings. The van der Waals surface area contributed by atoms with Crippen molar-refractivity contribution in [2.45, 2.75) is 51.6 Å². The number of halogens is 1. The van der Waals surface area contributed by atoms with Gasteiger partial charge in [-0.1, -0.05) is 19.1 Å². The van der Waals surface area contributed by atoms with Gasteiger partial charge in [0.05, 0.1) is 6.42 Å². The Labute approximate surface area is 121 Å². The molecule has 2 unspecified atom stereocenters. The Balaban J connectivity index is 0.00000180. The second-order valence-electron chi connectivity index (χ2n) is 5.21. The number of amides is 1. The van der Waals surface area contributed by atoms with Gasteiger partial charge in [0.25, 0.3) is 0 Å². The lowest BCUT2D eigenvalue weighted by atomic mass is 10.1. The Morgan fingerprint density at radius 2 is 1.95 bits per heavy atom. The zero-order valence-electron chi connectivity index (χ0n) is 11.6. The maximum atomic E-state index is 12.4. The number of nitrogens with zero attached hydrogens (tertiary/aromatic N) is 1. The average Bonchev–Trinajstić information content (AvgIpc) is 2.73. The summed E-state index contributed by atoms with van der Waals surface area (Å²) in [5.74, 6) is 0.247. The molecule has 1 saturated heterocycles. The van der Waals surface area contributed by atoms with Crippen LogP contribution in [-0.2, 0) is 11.2 Å². The molecule has 2 atom stereocenters. The Morgan fingerprint density at radius 3 is 2.53 bits per heavy atom. The first kappa shape index (κ1) is 15.8. The number of hydrogen-bond donors (Lipinski definition) is 1. The second kappa shape index (κ2) is 6.80. The van der Waals surface area contributed by atoms with Crippen LogP contribution in [0.1, 0.15) is 38.7 Å². The van der Waals surface area contributed by atoms with E-state index in [-0.39, 0.29) is 18.3 Å². The highest BCUT2D eigenvalue weighted by Crippen LogP contribution is 2.26. The molecule has 1 aromatic rings. The van der Waals surface area contributed by atoms with Crippen LogP contribution in [0.2, 0.25) is 0 Å². The van der Waals surface area contributed by atoms with Crippen LogP contribution in [-0.4, -0.2) is 22.9 Å². The molecule has 2 N–H and O–H groups in total. The van der Waals surface area contributed by atoms with Crippen LogP contribution < -0.4 is 5.73 Å². The van der Waals surface area contributed by atoms with E-state index in [1.54, 1.807) is 0 Å². The van der Waals surface area contributed by atoms with Crippen molar-refractivity contribution in [2.75, 3.05) is 5.73 Å². The summed E-state index contributed by atoms with van der Waals surface area (Å²) in [6.45, 7) is 4.31. The van der Waals surface area contributed by atoms with Gasteiger partial charge in [-0.25, -0.2) is 0 Å². The van der Waals surface area contributed by atoms with E-state index in [2.05, 4.69) is 18.7 Å². The van der Waals surface area contributed by atoms with Gasteiger partial charge in [0.2, 0.25) is 5.91 Å². The van der Waals surface area contributed by atoms with E-state index in [0.29, 0.717) is 18.5 Å². The summed E-state index contributed by atoms with van der Waals surface area (Å²) >= 11 is 0. The van der Waals surface area contributed by atoms with Crippen molar-refractivity contribution in [1.29, 1.82) is 0 Å². The van der Waals surface area contributed by atoms with E-state index >= 15 is 0 Å². The SMILES string of the molecule is CCC1CCC(C)N1C(=O)Cc1ccc(N)cc1.Cl. The summed E-state index contributed by atoms with van der Waals surface area (Å²) in [5, 5.41) is 0. The van der Waals surface area contributed by atoms with E-state index in [1.165, 1.54) is 0 Å². The molecule has 3 nitrogen and oxygen atoms in total. The molecule has 0 spiro atoms. The largest absolute Gasteiger partial charge is 0.399 e. The molecule has 0 aliphatic carbocycles. The molecule has 1 amide bonds. The van der Waals surface area contributed by atoms with Crippen molar-refractivity contribution >= 4 is 24.0 Å². The molecule has 106 valence electrons. The lowest BCUT2D eigenvalue weighted by molar-refractivity contribution is -0.133. The average molecular weight is 283 g/mol. The van der Waals surface area contributed by atoms with Crippen molar-refractivity contribution in [3.05, 3.63) is 29.8 Å². The highest BCUT2D eigenvalue weighted by molar-refractivity contribution is 5.85. The number of hydrogen-bond acceptors (Lipinski definition) is 2. The Bertz CT molecular complexity index is 419. The van der Waals surface area contributed by atoms with Gasteiger partial charge in [-0.05, 0) is 43.9 Å². The third-order valence-corrected chi connectivity index (χ3v) is 3.88. The fourth-order valence-electron chi connectivity index (χ4n) is 2.82. The van der Waals surface area contributed by atoms with E-state index < -0.39 is 0 Å². The fourth-order valence-corrected chi connectivity index (χ4v) is 2.82. The Morgan fingerprint density at radius 1 is 1.32 bits per heavy atom. The van der Waals surface area contributed by atoms with Gasteiger partial charge in [-0.15, -0.1) is 12.4 Å². The number of anilines is 1. The van der Waals surface area contributed by atoms with Crippen molar-refractivity contribution < 1.29 is 4.79 Å². The molecule has 1 aliphatic heterocycles. The van der Waals surface area contributed by atoms with Crippen molar-refractivity contribution in [1.82, 2.24) is 4.90 Å². The zero-order chi connectivity index (χ0) is 13.1. The van der Waals surface area contributed by atoms with Crippen molar-refractivity contribution in [2.24, 2.45) is 0 Å². The smallest absolute Gasteiger partial charge is 0.227 e. The van der Waals surface area contributed by atoms with Crippen molar-refractivity contribution in [3.8, 4) is 0 Å². The van der Waals surface area contributed by atoms with Crippen LogP contribution in [0.3, 0.4) is 0 Å². The quantitative estimate of drug-likeness (QED) is 0.866. The van der Waals surface area contributed by atoms with Crippen LogP contribution in [0.5, 0.6) is 0 Å². The topological polar surface area (TPSA) is 46.3 Å². The number of carbonyl (C=O) groups excluding carboxylic acids is 1. The lowest BCUT2D eigenvalue weighted by Gasteiger charge is -2.28. The molecule has 0 aromatic heterocycles. The van der Waals surface area contributed by atoms with Crippen LogP contribution in [0.25, 0.3) is 0 Å². The number of nitrogens with two attached hydrogens (primary N) is 1. The first-order valence-corrected chi connectivity index (χ1v) is 6.77. The van der Waals surface area contributed by atoms with Crippen LogP contribution in [0, 0.1) is 0 Å². The van der Waals surface area contributed by atoms with E-state index in [4.69, 9.17) is 5.73 Å². The van der Waals surface area contributed by atoms with Crippen LogP contribution in [0.15, 0.2) is 24.3 Å². The standard InChI is InChI=1S/C15H22N2O.ClH/c1-3-14-9-4-11(2)17(14)15(18)10-12-5-7-13(16)8-6-12;/h5-8,11,14H,3-4,9-10,16H2,1-2H3;1H.